The summed E-state index contributed by atoms with van der Waals surface area (Å²) >= 11 is 0. The van der Waals surface area contributed by atoms with Crippen LogP contribution >= 0.6 is 24.8 Å². The fourth-order valence-corrected chi connectivity index (χ4v) is 3.96. The second kappa shape index (κ2) is 9.11. The molecule has 1 saturated heterocycles. The van der Waals surface area contributed by atoms with Gasteiger partial charge in [-0.2, -0.15) is 0 Å². The third-order valence-electron chi connectivity index (χ3n) is 6.03. The number of hydrogen-bond donors (Lipinski definition) is 1. The SMILES string of the molecule is CCOC1CC(N)(C(=O)N2CCN(c3cc(F)ccc3F)CC2)C1(C)C.Cl.Cl. The quantitative estimate of drug-likeness (QED) is 0.782. The fourth-order valence-electron chi connectivity index (χ4n) is 3.96. The van der Waals surface area contributed by atoms with Crippen molar-refractivity contribution in [3.8, 4) is 0 Å². The van der Waals surface area contributed by atoms with Crippen LogP contribution < -0.4 is 10.6 Å². The Morgan fingerprint density at radius 3 is 2.36 bits per heavy atom. The summed E-state index contributed by atoms with van der Waals surface area (Å²) in [5.74, 6) is -1.02. The molecule has 2 N–H and O–H groups in total. The van der Waals surface area contributed by atoms with E-state index in [1.165, 1.54) is 6.07 Å². The molecule has 160 valence electrons. The van der Waals surface area contributed by atoms with Crippen LogP contribution in [-0.4, -0.2) is 55.2 Å². The maximum absolute atomic E-state index is 14.0. The first-order valence-corrected chi connectivity index (χ1v) is 9.10. The molecule has 1 heterocycles. The summed E-state index contributed by atoms with van der Waals surface area (Å²) < 4.78 is 33.1. The number of ether oxygens (including phenoxy) is 1. The number of carbonyl (C=O) groups is 1. The van der Waals surface area contributed by atoms with Gasteiger partial charge in [0.25, 0.3) is 0 Å². The Morgan fingerprint density at radius 2 is 1.82 bits per heavy atom. The molecule has 2 unspecified atom stereocenters. The molecule has 1 aliphatic carbocycles. The van der Waals surface area contributed by atoms with E-state index in [0.29, 0.717) is 39.2 Å². The predicted octanol–water partition coefficient (Wildman–Crippen LogP) is 2.99. The van der Waals surface area contributed by atoms with Crippen LogP contribution in [0.3, 0.4) is 0 Å². The van der Waals surface area contributed by atoms with E-state index in [9.17, 15) is 13.6 Å². The van der Waals surface area contributed by atoms with E-state index >= 15 is 0 Å². The van der Waals surface area contributed by atoms with Gasteiger partial charge in [0.05, 0.1) is 11.8 Å². The van der Waals surface area contributed by atoms with Gasteiger partial charge in [-0.3, -0.25) is 4.79 Å². The lowest BCUT2D eigenvalue weighted by atomic mass is 9.54. The largest absolute Gasteiger partial charge is 0.378 e. The van der Waals surface area contributed by atoms with Crippen LogP contribution in [0.2, 0.25) is 0 Å². The molecule has 1 amide bonds. The summed E-state index contributed by atoms with van der Waals surface area (Å²) in [4.78, 5) is 16.5. The van der Waals surface area contributed by atoms with Gasteiger partial charge in [0.15, 0.2) is 0 Å². The van der Waals surface area contributed by atoms with Crippen LogP contribution in [0, 0.1) is 17.0 Å². The molecule has 0 bridgehead atoms. The van der Waals surface area contributed by atoms with Crippen molar-refractivity contribution in [1.82, 2.24) is 4.90 Å². The smallest absolute Gasteiger partial charge is 0.243 e. The summed E-state index contributed by atoms with van der Waals surface area (Å²) in [5, 5.41) is 0. The first-order valence-electron chi connectivity index (χ1n) is 9.10. The maximum Gasteiger partial charge on any atom is 0.243 e. The van der Waals surface area contributed by atoms with Crippen LogP contribution in [0.15, 0.2) is 18.2 Å². The standard InChI is InChI=1S/C19H27F2N3O2.2ClH/c1-4-26-16-12-19(22,18(16,2)3)17(25)24-9-7-23(8-10-24)15-11-13(20)5-6-14(15)21;;/h5-6,11,16H,4,7-10,12,22H2,1-3H3;2*1H. The number of nitrogens with zero attached hydrogens (tertiary/aromatic N) is 2. The van der Waals surface area contributed by atoms with Crippen molar-refractivity contribution in [2.75, 3.05) is 37.7 Å². The lowest BCUT2D eigenvalue weighted by molar-refractivity contribution is -0.179. The highest BCUT2D eigenvalue weighted by molar-refractivity contribution is 5.89. The van der Waals surface area contributed by atoms with Crippen molar-refractivity contribution in [2.24, 2.45) is 11.1 Å². The molecule has 1 aromatic rings. The van der Waals surface area contributed by atoms with Crippen molar-refractivity contribution >= 4 is 36.4 Å². The zero-order valence-corrected chi connectivity index (χ0v) is 18.0. The Hall–Kier alpha value is -1.15. The molecule has 1 saturated carbocycles. The monoisotopic (exact) mass is 439 g/mol. The second-order valence-electron chi connectivity index (χ2n) is 7.72. The van der Waals surface area contributed by atoms with Gasteiger partial charge in [-0.25, -0.2) is 8.78 Å². The number of hydrogen-bond acceptors (Lipinski definition) is 4. The number of anilines is 1. The topological polar surface area (TPSA) is 58.8 Å². The third-order valence-corrected chi connectivity index (χ3v) is 6.03. The summed E-state index contributed by atoms with van der Waals surface area (Å²) in [6.07, 6.45) is 0.481. The minimum absolute atomic E-state index is 0. The highest BCUT2D eigenvalue weighted by atomic mass is 35.5. The number of carbonyl (C=O) groups excluding carboxylic acids is 1. The number of rotatable bonds is 4. The maximum atomic E-state index is 14.0. The van der Waals surface area contributed by atoms with Gasteiger partial charge in [0.1, 0.15) is 17.2 Å². The molecule has 9 heteroatoms. The van der Waals surface area contributed by atoms with Crippen LogP contribution in [-0.2, 0) is 9.53 Å². The van der Waals surface area contributed by atoms with Gasteiger partial charge in [0, 0.05) is 50.7 Å². The predicted molar refractivity (Wildman–Crippen MR) is 110 cm³/mol. The van der Waals surface area contributed by atoms with E-state index in [2.05, 4.69) is 0 Å². The summed E-state index contributed by atoms with van der Waals surface area (Å²) in [5.41, 5.74) is 5.32. The summed E-state index contributed by atoms with van der Waals surface area (Å²) in [6, 6.07) is 3.42. The first-order chi connectivity index (χ1) is 12.2. The van der Waals surface area contributed by atoms with Crippen LogP contribution in [0.4, 0.5) is 14.5 Å². The number of piperazine rings is 1. The number of nitrogens with two attached hydrogens (primary N) is 1. The molecule has 2 fully saturated rings. The van der Waals surface area contributed by atoms with Crippen LogP contribution in [0.25, 0.3) is 0 Å². The van der Waals surface area contributed by atoms with Crippen molar-refractivity contribution in [2.45, 2.75) is 38.8 Å². The highest BCUT2D eigenvalue weighted by Crippen LogP contribution is 2.50. The van der Waals surface area contributed by atoms with Gasteiger partial charge in [0.2, 0.25) is 5.91 Å². The minimum Gasteiger partial charge on any atom is -0.378 e. The average molecular weight is 440 g/mol. The Balaban J connectivity index is 0.00000196. The van der Waals surface area contributed by atoms with E-state index in [-0.39, 0.29) is 42.5 Å². The molecule has 2 atom stereocenters. The number of halogens is 4. The lowest BCUT2D eigenvalue weighted by Crippen LogP contribution is -2.76. The third kappa shape index (κ3) is 4.08. The Bertz CT molecular complexity index is 700. The molecule has 1 aromatic carbocycles. The number of benzene rings is 1. The van der Waals surface area contributed by atoms with Gasteiger partial charge in [-0.1, -0.05) is 13.8 Å². The van der Waals surface area contributed by atoms with E-state index in [0.717, 1.165) is 12.1 Å². The fraction of sp³-hybridized carbons (Fsp3) is 0.632. The van der Waals surface area contributed by atoms with Crippen LogP contribution in [0.1, 0.15) is 27.2 Å². The van der Waals surface area contributed by atoms with E-state index < -0.39 is 22.6 Å². The zero-order valence-electron chi connectivity index (χ0n) is 16.4. The summed E-state index contributed by atoms with van der Waals surface area (Å²) in [6.45, 7) is 8.21. The summed E-state index contributed by atoms with van der Waals surface area (Å²) in [7, 11) is 0. The van der Waals surface area contributed by atoms with Crippen molar-refractivity contribution in [1.29, 1.82) is 0 Å². The normalized spacial score (nSPS) is 26.0. The van der Waals surface area contributed by atoms with Crippen molar-refractivity contribution in [3.05, 3.63) is 29.8 Å². The first kappa shape index (κ1) is 24.9. The van der Waals surface area contributed by atoms with E-state index in [1.54, 1.807) is 9.80 Å². The molecular weight excluding hydrogens is 411 g/mol. The Morgan fingerprint density at radius 1 is 1.21 bits per heavy atom. The molecule has 5 nitrogen and oxygen atoms in total. The van der Waals surface area contributed by atoms with Gasteiger partial charge >= 0.3 is 0 Å². The van der Waals surface area contributed by atoms with Gasteiger partial charge < -0.3 is 20.3 Å². The number of amides is 1. The van der Waals surface area contributed by atoms with Gasteiger partial charge in [-0.15, -0.1) is 24.8 Å². The minimum atomic E-state index is -0.945. The average Bonchev–Trinajstić information content (AvgIpc) is 2.63. The van der Waals surface area contributed by atoms with E-state index in [1.807, 2.05) is 20.8 Å². The molecule has 0 spiro atoms. The molecule has 1 aliphatic heterocycles. The molecule has 28 heavy (non-hydrogen) atoms. The molecule has 3 rings (SSSR count). The Kier molecular flexibility index (Phi) is 8.10. The lowest BCUT2D eigenvalue weighted by Gasteiger charge is -2.59. The van der Waals surface area contributed by atoms with E-state index in [4.69, 9.17) is 10.5 Å². The van der Waals surface area contributed by atoms with Gasteiger partial charge in [-0.05, 0) is 19.1 Å². The molecule has 2 aliphatic rings. The zero-order chi connectivity index (χ0) is 19.1. The Labute approximate surface area is 177 Å². The highest BCUT2D eigenvalue weighted by Gasteiger charge is 2.63. The molecule has 0 radical (unpaired) electrons. The van der Waals surface area contributed by atoms with Crippen molar-refractivity contribution in [3.63, 3.8) is 0 Å². The van der Waals surface area contributed by atoms with Crippen molar-refractivity contribution < 1.29 is 18.3 Å². The second-order valence-corrected chi connectivity index (χ2v) is 7.72. The molecule has 0 aromatic heterocycles. The molecular formula is C19H29Cl2F2N3O2. The van der Waals surface area contributed by atoms with Crippen LogP contribution in [0.5, 0.6) is 0 Å².